The Kier molecular flexibility index (Phi) is 4.82. The molecule has 0 fully saturated rings. The highest BCUT2D eigenvalue weighted by atomic mass is 19.3. The summed E-state index contributed by atoms with van der Waals surface area (Å²) in [5.74, 6) is 0. The van der Waals surface area contributed by atoms with Gasteiger partial charge in [-0.1, -0.05) is 0 Å². The molecule has 0 spiro atoms. The number of aromatic nitrogens is 2. The van der Waals surface area contributed by atoms with E-state index >= 15 is 0 Å². The van der Waals surface area contributed by atoms with Crippen molar-refractivity contribution in [2.24, 2.45) is 0 Å². The Balaban J connectivity index is 2.43. The third-order valence-electron chi connectivity index (χ3n) is 2.40. The van der Waals surface area contributed by atoms with Crippen molar-refractivity contribution in [3.05, 3.63) is 18.0 Å². The van der Waals surface area contributed by atoms with E-state index < -0.39 is 12.5 Å². The number of aliphatic hydroxyl groups is 1. The lowest BCUT2D eigenvalue weighted by molar-refractivity contribution is -0.00439. The van der Waals surface area contributed by atoms with Crippen molar-refractivity contribution in [1.82, 2.24) is 15.1 Å². The standard InChI is InChI=1S/C10H17F2N3O/c1-3-15-6-8(4-14-15)7(2)13-5-9(16)10(11)12/h4,6-7,9-10,13,16H,3,5H2,1-2H3. The minimum Gasteiger partial charge on any atom is -0.386 e. The van der Waals surface area contributed by atoms with Gasteiger partial charge < -0.3 is 10.4 Å². The zero-order valence-electron chi connectivity index (χ0n) is 9.40. The van der Waals surface area contributed by atoms with Crippen LogP contribution in [0.3, 0.4) is 0 Å². The fraction of sp³-hybridized carbons (Fsp3) is 0.700. The van der Waals surface area contributed by atoms with Crippen LogP contribution in [0.2, 0.25) is 0 Å². The number of rotatable bonds is 6. The lowest BCUT2D eigenvalue weighted by atomic mass is 10.2. The lowest BCUT2D eigenvalue weighted by Gasteiger charge is -2.15. The Morgan fingerprint density at radius 3 is 2.75 bits per heavy atom. The number of hydrogen-bond donors (Lipinski definition) is 2. The maximum atomic E-state index is 12.0. The molecule has 1 aromatic heterocycles. The molecule has 0 aromatic carbocycles. The van der Waals surface area contributed by atoms with Gasteiger partial charge in [0.15, 0.2) is 0 Å². The number of aliphatic hydroxyl groups excluding tert-OH is 1. The molecule has 2 atom stereocenters. The predicted molar refractivity (Wildman–Crippen MR) is 56.3 cm³/mol. The molecule has 0 aliphatic rings. The second-order valence-electron chi connectivity index (χ2n) is 3.66. The van der Waals surface area contributed by atoms with Gasteiger partial charge in [-0.25, -0.2) is 8.78 Å². The first-order chi connectivity index (χ1) is 7.54. The fourth-order valence-electron chi connectivity index (χ4n) is 1.28. The maximum absolute atomic E-state index is 12.0. The number of nitrogens with one attached hydrogen (secondary N) is 1. The van der Waals surface area contributed by atoms with Crippen molar-refractivity contribution < 1.29 is 13.9 Å². The highest BCUT2D eigenvalue weighted by Gasteiger charge is 2.17. The van der Waals surface area contributed by atoms with Gasteiger partial charge in [-0.15, -0.1) is 0 Å². The van der Waals surface area contributed by atoms with Crippen LogP contribution in [0.5, 0.6) is 0 Å². The zero-order valence-corrected chi connectivity index (χ0v) is 9.40. The fourth-order valence-corrected chi connectivity index (χ4v) is 1.28. The van der Waals surface area contributed by atoms with Crippen molar-refractivity contribution in [2.75, 3.05) is 6.54 Å². The van der Waals surface area contributed by atoms with Crippen molar-refractivity contribution in [3.63, 3.8) is 0 Å². The van der Waals surface area contributed by atoms with E-state index in [9.17, 15) is 8.78 Å². The molecule has 1 aromatic rings. The molecule has 0 saturated carbocycles. The number of halogens is 2. The van der Waals surface area contributed by atoms with E-state index in [4.69, 9.17) is 5.11 Å². The Labute approximate surface area is 93.3 Å². The second-order valence-corrected chi connectivity index (χ2v) is 3.66. The quantitative estimate of drug-likeness (QED) is 0.775. The van der Waals surface area contributed by atoms with Gasteiger partial charge in [0.1, 0.15) is 6.10 Å². The molecule has 1 rings (SSSR count). The summed E-state index contributed by atoms with van der Waals surface area (Å²) in [4.78, 5) is 0. The van der Waals surface area contributed by atoms with Gasteiger partial charge in [-0.3, -0.25) is 4.68 Å². The first-order valence-corrected chi connectivity index (χ1v) is 5.26. The Morgan fingerprint density at radius 1 is 1.56 bits per heavy atom. The molecule has 0 radical (unpaired) electrons. The summed E-state index contributed by atoms with van der Waals surface area (Å²) in [6, 6.07) is -0.103. The number of hydrogen-bond acceptors (Lipinski definition) is 3. The van der Waals surface area contributed by atoms with E-state index in [2.05, 4.69) is 10.4 Å². The van der Waals surface area contributed by atoms with Crippen LogP contribution in [0.4, 0.5) is 8.78 Å². The topological polar surface area (TPSA) is 50.1 Å². The lowest BCUT2D eigenvalue weighted by Crippen LogP contribution is -2.33. The van der Waals surface area contributed by atoms with E-state index in [-0.39, 0.29) is 12.6 Å². The van der Waals surface area contributed by atoms with Crippen molar-refractivity contribution in [3.8, 4) is 0 Å². The second kappa shape index (κ2) is 5.91. The molecular weight excluding hydrogens is 216 g/mol. The molecule has 0 aliphatic heterocycles. The average Bonchev–Trinajstić information content (AvgIpc) is 2.73. The summed E-state index contributed by atoms with van der Waals surface area (Å²) in [7, 11) is 0. The average molecular weight is 233 g/mol. The molecule has 0 saturated heterocycles. The highest BCUT2D eigenvalue weighted by Crippen LogP contribution is 2.11. The van der Waals surface area contributed by atoms with Crippen LogP contribution < -0.4 is 5.32 Å². The molecule has 4 nitrogen and oxygen atoms in total. The summed E-state index contributed by atoms with van der Waals surface area (Å²) in [6.07, 6.45) is -0.788. The SMILES string of the molecule is CCn1cc(C(C)NCC(O)C(F)F)cn1. The molecule has 0 aliphatic carbocycles. The zero-order chi connectivity index (χ0) is 12.1. The first-order valence-electron chi connectivity index (χ1n) is 5.26. The van der Waals surface area contributed by atoms with Crippen LogP contribution in [0.1, 0.15) is 25.5 Å². The van der Waals surface area contributed by atoms with Crippen LogP contribution in [-0.2, 0) is 6.54 Å². The largest absolute Gasteiger partial charge is 0.386 e. The molecule has 1 heterocycles. The van der Waals surface area contributed by atoms with Gasteiger partial charge in [0.05, 0.1) is 6.20 Å². The van der Waals surface area contributed by atoms with Gasteiger partial charge in [0, 0.05) is 30.9 Å². The van der Waals surface area contributed by atoms with Gasteiger partial charge in [0.2, 0.25) is 0 Å². The summed E-state index contributed by atoms with van der Waals surface area (Å²) in [6.45, 7) is 4.45. The minimum atomic E-state index is -2.71. The summed E-state index contributed by atoms with van der Waals surface area (Å²) in [5.41, 5.74) is 0.920. The summed E-state index contributed by atoms with van der Waals surface area (Å²) < 4.78 is 25.8. The third kappa shape index (κ3) is 3.53. The summed E-state index contributed by atoms with van der Waals surface area (Å²) in [5, 5.41) is 15.9. The molecule has 0 amide bonds. The number of nitrogens with zero attached hydrogens (tertiary/aromatic N) is 2. The van der Waals surface area contributed by atoms with Gasteiger partial charge in [-0.2, -0.15) is 5.10 Å². The Hall–Kier alpha value is -1.01. The van der Waals surface area contributed by atoms with Crippen LogP contribution >= 0.6 is 0 Å². The van der Waals surface area contributed by atoms with Gasteiger partial charge in [-0.05, 0) is 13.8 Å². The van der Waals surface area contributed by atoms with Crippen molar-refractivity contribution in [1.29, 1.82) is 0 Å². The summed E-state index contributed by atoms with van der Waals surface area (Å²) >= 11 is 0. The number of alkyl halides is 2. The predicted octanol–water partition coefficient (Wildman–Crippen LogP) is 1.18. The van der Waals surface area contributed by atoms with Crippen molar-refractivity contribution in [2.45, 2.75) is 39.0 Å². The molecule has 16 heavy (non-hydrogen) atoms. The van der Waals surface area contributed by atoms with Crippen LogP contribution in [0.25, 0.3) is 0 Å². The third-order valence-corrected chi connectivity index (χ3v) is 2.40. The normalized spacial score (nSPS) is 15.4. The maximum Gasteiger partial charge on any atom is 0.265 e. The molecule has 6 heteroatoms. The van der Waals surface area contributed by atoms with E-state index in [0.717, 1.165) is 12.1 Å². The molecular formula is C10H17F2N3O. The van der Waals surface area contributed by atoms with E-state index in [1.165, 1.54) is 0 Å². The highest BCUT2D eigenvalue weighted by molar-refractivity contribution is 5.09. The molecule has 0 bridgehead atoms. The van der Waals surface area contributed by atoms with E-state index in [1.807, 2.05) is 20.0 Å². The van der Waals surface area contributed by atoms with Crippen molar-refractivity contribution >= 4 is 0 Å². The monoisotopic (exact) mass is 233 g/mol. The van der Waals surface area contributed by atoms with E-state index in [0.29, 0.717) is 0 Å². The smallest absolute Gasteiger partial charge is 0.265 e. The van der Waals surface area contributed by atoms with Crippen LogP contribution in [0, 0.1) is 0 Å². The van der Waals surface area contributed by atoms with Gasteiger partial charge in [0.25, 0.3) is 6.43 Å². The molecule has 92 valence electrons. The Bertz CT molecular complexity index is 317. The Morgan fingerprint density at radius 2 is 2.25 bits per heavy atom. The number of aryl methyl sites for hydroxylation is 1. The van der Waals surface area contributed by atoms with Gasteiger partial charge >= 0.3 is 0 Å². The molecule has 2 unspecified atom stereocenters. The van der Waals surface area contributed by atoms with Crippen LogP contribution in [0.15, 0.2) is 12.4 Å². The van der Waals surface area contributed by atoms with Crippen LogP contribution in [-0.4, -0.2) is 34.0 Å². The van der Waals surface area contributed by atoms with E-state index in [1.54, 1.807) is 10.9 Å². The minimum absolute atomic E-state index is 0.103. The first kappa shape index (κ1) is 13.1. The molecule has 2 N–H and O–H groups in total.